The molecule has 0 aliphatic rings. The number of esters is 1. The van der Waals surface area contributed by atoms with Gasteiger partial charge in [-0.2, -0.15) is 30.7 Å². The molecular weight excluding hydrogens is 333 g/mol. The highest BCUT2D eigenvalue weighted by molar-refractivity contribution is 5.76. The van der Waals surface area contributed by atoms with Crippen LogP contribution in [0.3, 0.4) is 0 Å². The van der Waals surface area contributed by atoms with Gasteiger partial charge < -0.3 is 4.74 Å². The predicted molar refractivity (Wildman–Crippen MR) is 69.4 cm³/mol. The molecule has 0 amide bonds. The molecular formula is C14H21F7O2. The summed E-state index contributed by atoms with van der Waals surface area (Å²) in [4.78, 5) is 11.8. The van der Waals surface area contributed by atoms with E-state index in [4.69, 9.17) is 0 Å². The second-order valence-electron chi connectivity index (χ2n) is 6.46. The standard InChI is InChI=1S/C14H21F7O2/c1-6-11(4,5)10(22)23-9(7-8(2)3)12(15,16)13(17,18)14(19,20)21/h8-9H,6-7H2,1-5H3. The monoisotopic (exact) mass is 354 g/mol. The summed E-state index contributed by atoms with van der Waals surface area (Å²) in [5.41, 5.74) is -1.28. The molecule has 0 heterocycles. The Morgan fingerprint density at radius 2 is 1.43 bits per heavy atom. The maximum Gasteiger partial charge on any atom is 0.460 e. The number of carbonyl (C=O) groups is 1. The summed E-state index contributed by atoms with van der Waals surface area (Å²) in [6.45, 7) is 6.85. The highest BCUT2D eigenvalue weighted by Crippen LogP contribution is 2.50. The fourth-order valence-electron chi connectivity index (χ4n) is 1.52. The van der Waals surface area contributed by atoms with Crippen molar-refractivity contribution in [1.29, 1.82) is 0 Å². The second-order valence-corrected chi connectivity index (χ2v) is 6.46. The van der Waals surface area contributed by atoms with Gasteiger partial charge in [-0.1, -0.05) is 20.8 Å². The molecule has 0 aliphatic carbocycles. The van der Waals surface area contributed by atoms with Gasteiger partial charge in [0.1, 0.15) is 0 Å². The fourth-order valence-corrected chi connectivity index (χ4v) is 1.52. The minimum absolute atomic E-state index is 0.140. The van der Waals surface area contributed by atoms with Crippen LogP contribution in [0.15, 0.2) is 0 Å². The third-order valence-corrected chi connectivity index (χ3v) is 3.55. The highest BCUT2D eigenvalue weighted by Gasteiger charge is 2.76. The summed E-state index contributed by atoms with van der Waals surface area (Å²) in [6.07, 6.45) is -10.0. The SMILES string of the molecule is CCC(C)(C)C(=O)OC(CC(C)C)C(F)(F)C(F)(F)C(F)(F)F. The number of hydrogen-bond donors (Lipinski definition) is 0. The first-order valence-electron chi connectivity index (χ1n) is 7.04. The lowest BCUT2D eigenvalue weighted by Crippen LogP contribution is -2.59. The molecule has 0 spiro atoms. The lowest BCUT2D eigenvalue weighted by molar-refractivity contribution is -0.372. The molecule has 1 unspecified atom stereocenters. The van der Waals surface area contributed by atoms with E-state index in [1.807, 2.05) is 0 Å². The van der Waals surface area contributed by atoms with Crippen LogP contribution in [0.1, 0.15) is 47.5 Å². The van der Waals surface area contributed by atoms with Gasteiger partial charge in [0.25, 0.3) is 0 Å². The third-order valence-electron chi connectivity index (χ3n) is 3.55. The third kappa shape index (κ3) is 4.73. The lowest BCUT2D eigenvalue weighted by Gasteiger charge is -2.35. The predicted octanol–water partition coefficient (Wildman–Crippen LogP) is 5.21. The zero-order chi connectivity index (χ0) is 18.9. The summed E-state index contributed by atoms with van der Waals surface area (Å²) in [5.74, 6) is -13.8. The van der Waals surface area contributed by atoms with E-state index in [1.54, 1.807) is 0 Å². The smallest absolute Gasteiger partial charge is 0.455 e. The van der Waals surface area contributed by atoms with Gasteiger partial charge in [0, 0.05) is 0 Å². The Labute approximate surface area is 130 Å². The molecule has 0 fully saturated rings. The van der Waals surface area contributed by atoms with Crippen molar-refractivity contribution in [2.75, 3.05) is 0 Å². The van der Waals surface area contributed by atoms with E-state index < -0.39 is 47.8 Å². The molecule has 1 atom stereocenters. The summed E-state index contributed by atoms with van der Waals surface area (Å²) in [6, 6.07) is 0. The largest absolute Gasteiger partial charge is 0.460 e. The quantitative estimate of drug-likeness (QED) is 0.463. The average molecular weight is 354 g/mol. The molecule has 9 heteroatoms. The second kappa shape index (κ2) is 6.84. The molecule has 0 bridgehead atoms. The van der Waals surface area contributed by atoms with Gasteiger partial charge in [-0.15, -0.1) is 0 Å². The van der Waals surface area contributed by atoms with E-state index in [0.29, 0.717) is 0 Å². The number of carbonyl (C=O) groups excluding carboxylic acids is 1. The Kier molecular flexibility index (Phi) is 6.54. The molecule has 0 N–H and O–H groups in total. The Morgan fingerprint density at radius 3 is 1.74 bits per heavy atom. The van der Waals surface area contributed by atoms with Crippen LogP contribution in [0.4, 0.5) is 30.7 Å². The first-order chi connectivity index (χ1) is 10.0. The van der Waals surface area contributed by atoms with Gasteiger partial charge in [-0.3, -0.25) is 4.79 Å². The molecule has 0 aromatic rings. The van der Waals surface area contributed by atoms with Crippen LogP contribution >= 0.6 is 0 Å². The Hall–Kier alpha value is -1.02. The van der Waals surface area contributed by atoms with E-state index in [9.17, 15) is 35.5 Å². The summed E-state index contributed by atoms with van der Waals surface area (Å²) in [5, 5.41) is 0. The molecule has 0 saturated carbocycles. The highest BCUT2D eigenvalue weighted by atomic mass is 19.4. The van der Waals surface area contributed by atoms with Crippen molar-refractivity contribution < 1.29 is 40.3 Å². The normalized spacial score (nSPS) is 15.7. The maximum absolute atomic E-state index is 13.8. The van der Waals surface area contributed by atoms with E-state index >= 15 is 0 Å². The fraction of sp³-hybridized carbons (Fsp3) is 0.929. The zero-order valence-electron chi connectivity index (χ0n) is 13.5. The van der Waals surface area contributed by atoms with Crippen molar-refractivity contribution in [3.63, 3.8) is 0 Å². The molecule has 0 rings (SSSR count). The van der Waals surface area contributed by atoms with Gasteiger partial charge in [-0.25, -0.2) is 0 Å². The minimum Gasteiger partial charge on any atom is -0.455 e. The Bertz CT molecular complexity index is 414. The lowest BCUT2D eigenvalue weighted by atomic mass is 9.90. The average Bonchev–Trinajstić information content (AvgIpc) is 2.35. The first kappa shape index (κ1) is 22.0. The van der Waals surface area contributed by atoms with Crippen LogP contribution in [-0.2, 0) is 9.53 Å². The van der Waals surface area contributed by atoms with E-state index in [2.05, 4.69) is 4.74 Å². The molecule has 2 nitrogen and oxygen atoms in total. The van der Waals surface area contributed by atoms with Gasteiger partial charge in [0.05, 0.1) is 5.41 Å². The number of hydrogen-bond acceptors (Lipinski definition) is 2. The molecule has 0 saturated heterocycles. The van der Waals surface area contributed by atoms with Gasteiger partial charge >= 0.3 is 24.0 Å². The zero-order valence-corrected chi connectivity index (χ0v) is 13.5. The van der Waals surface area contributed by atoms with Crippen LogP contribution < -0.4 is 0 Å². The Balaban J connectivity index is 5.68. The van der Waals surface area contributed by atoms with E-state index in [1.165, 1.54) is 34.6 Å². The minimum atomic E-state index is -6.46. The van der Waals surface area contributed by atoms with Gasteiger partial charge in [-0.05, 0) is 32.6 Å². The van der Waals surface area contributed by atoms with E-state index in [0.717, 1.165) is 0 Å². The number of rotatable bonds is 7. The van der Waals surface area contributed by atoms with Crippen molar-refractivity contribution in [1.82, 2.24) is 0 Å². The molecule has 23 heavy (non-hydrogen) atoms. The van der Waals surface area contributed by atoms with Crippen LogP contribution in [0.5, 0.6) is 0 Å². The molecule has 0 aromatic heterocycles. The Morgan fingerprint density at radius 1 is 1.00 bits per heavy atom. The number of ether oxygens (including phenoxy) is 1. The van der Waals surface area contributed by atoms with Crippen molar-refractivity contribution in [3.8, 4) is 0 Å². The molecule has 0 radical (unpaired) electrons. The molecule has 0 aromatic carbocycles. The number of halogens is 7. The van der Waals surface area contributed by atoms with Gasteiger partial charge in [0.15, 0.2) is 6.10 Å². The van der Waals surface area contributed by atoms with Crippen LogP contribution in [0, 0.1) is 11.3 Å². The van der Waals surface area contributed by atoms with Gasteiger partial charge in [0.2, 0.25) is 0 Å². The molecule has 138 valence electrons. The van der Waals surface area contributed by atoms with Crippen LogP contribution in [0.2, 0.25) is 0 Å². The molecule has 0 aliphatic heterocycles. The summed E-state index contributed by atoms with van der Waals surface area (Å²) in [7, 11) is 0. The van der Waals surface area contributed by atoms with Crippen molar-refractivity contribution in [2.45, 2.75) is 71.6 Å². The van der Waals surface area contributed by atoms with Crippen LogP contribution in [0.25, 0.3) is 0 Å². The van der Waals surface area contributed by atoms with Crippen molar-refractivity contribution >= 4 is 5.97 Å². The van der Waals surface area contributed by atoms with Crippen molar-refractivity contribution in [3.05, 3.63) is 0 Å². The number of alkyl halides is 7. The first-order valence-corrected chi connectivity index (χ1v) is 7.04. The van der Waals surface area contributed by atoms with Crippen molar-refractivity contribution in [2.24, 2.45) is 11.3 Å². The summed E-state index contributed by atoms with van der Waals surface area (Å²) >= 11 is 0. The van der Waals surface area contributed by atoms with E-state index in [-0.39, 0.29) is 6.42 Å². The summed E-state index contributed by atoms with van der Waals surface area (Å²) < 4.78 is 95.3. The van der Waals surface area contributed by atoms with Crippen LogP contribution in [-0.4, -0.2) is 30.1 Å². The maximum atomic E-state index is 13.8. The topological polar surface area (TPSA) is 26.3 Å².